The highest BCUT2D eigenvalue weighted by Gasteiger charge is 2.21. The number of aryl methyl sites for hydroxylation is 1. The van der Waals surface area contributed by atoms with Crippen molar-refractivity contribution in [2.24, 2.45) is 0 Å². The third-order valence-electron chi connectivity index (χ3n) is 3.84. The van der Waals surface area contributed by atoms with Crippen LogP contribution in [0.4, 0.5) is 0 Å². The Bertz CT molecular complexity index is 782. The van der Waals surface area contributed by atoms with Crippen LogP contribution in [0.15, 0.2) is 59.5 Å². The molecule has 134 valence electrons. The van der Waals surface area contributed by atoms with Crippen molar-refractivity contribution in [1.82, 2.24) is 0 Å². The smallest absolute Gasteiger partial charge is 0.305 e. The first kappa shape index (κ1) is 19.1. The Morgan fingerprint density at radius 2 is 1.68 bits per heavy atom. The number of methoxy groups -OCH3 is 1. The molecule has 0 radical (unpaired) electrons. The largest absolute Gasteiger partial charge is 0.469 e. The van der Waals surface area contributed by atoms with Gasteiger partial charge in [0.2, 0.25) is 0 Å². The predicted octanol–water partition coefficient (Wildman–Crippen LogP) is 3.65. The highest BCUT2D eigenvalue weighted by Crippen LogP contribution is 2.26. The molecule has 2 rings (SSSR count). The summed E-state index contributed by atoms with van der Waals surface area (Å²) in [5, 5.41) is 0. The first-order chi connectivity index (χ1) is 12.0. The molecule has 25 heavy (non-hydrogen) atoms. The Morgan fingerprint density at radius 3 is 2.24 bits per heavy atom. The first-order valence-corrected chi connectivity index (χ1v) is 9.51. The molecule has 0 fully saturated rings. The Labute approximate surface area is 148 Å². The third kappa shape index (κ3) is 5.41. The van der Waals surface area contributed by atoms with Crippen molar-refractivity contribution in [1.29, 1.82) is 0 Å². The molecule has 0 spiro atoms. The van der Waals surface area contributed by atoms with Crippen molar-refractivity contribution < 1.29 is 22.1 Å². The molecule has 6 heteroatoms. The van der Waals surface area contributed by atoms with Crippen LogP contribution in [0.5, 0.6) is 0 Å². The fourth-order valence-electron chi connectivity index (χ4n) is 2.40. The fourth-order valence-corrected chi connectivity index (χ4v) is 3.56. The summed E-state index contributed by atoms with van der Waals surface area (Å²) in [7, 11) is -2.45. The van der Waals surface area contributed by atoms with Crippen LogP contribution in [0.25, 0.3) is 0 Å². The van der Waals surface area contributed by atoms with E-state index in [-0.39, 0.29) is 10.9 Å². The van der Waals surface area contributed by atoms with Gasteiger partial charge in [-0.3, -0.25) is 8.98 Å². The van der Waals surface area contributed by atoms with E-state index in [1.54, 1.807) is 18.2 Å². The molecule has 0 aliphatic rings. The molecule has 0 N–H and O–H groups in total. The van der Waals surface area contributed by atoms with Gasteiger partial charge in [0.25, 0.3) is 10.1 Å². The van der Waals surface area contributed by atoms with E-state index in [1.165, 1.54) is 19.2 Å². The van der Waals surface area contributed by atoms with Gasteiger partial charge in [0, 0.05) is 6.42 Å². The molecule has 1 unspecified atom stereocenters. The van der Waals surface area contributed by atoms with E-state index in [1.807, 2.05) is 31.2 Å². The second-order valence-corrected chi connectivity index (χ2v) is 7.15. The molecule has 0 saturated carbocycles. The molecule has 0 heterocycles. The molecule has 0 saturated heterocycles. The van der Waals surface area contributed by atoms with E-state index < -0.39 is 16.2 Å². The average Bonchev–Trinajstić information content (AvgIpc) is 2.65. The lowest BCUT2D eigenvalue weighted by Gasteiger charge is -2.16. The van der Waals surface area contributed by atoms with Crippen LogP contribution in [0.3, 0.4) is 0 Å². The molecule has 2 aromatic rings. The minimum Gasteiger partial charge on any atom is -0.469 e. The molecule has 0 bridgehead atoms. The molecule has 2 aromatic carbocycles. The quantitative estimate of drug-likeness (QED) is 0.529. The molecular formula is C19H22O5S. The van der Waals surface area contributed by atoms with Gasteiger partial charge in [0.1, 0.15) is 6.10 Å². The lowest BCUT2D eigenvalue weighted by molar-refractivity contribution is -0.140. The summed E-state index contributed by atoms with van der Waals surface area (Å²) >= 11 is 0. The average molecular weight is 362 g/mol. The lowest BCUT2D eigenvalue weighted by Crippen LogP contribution is -2.12. The standard InChI is InChI=1S/C19H22O5S/c1-3-18(24-25(21,22)17-7-5-4-6-8-17)16-12-9-15(10-13-16)11-14-19(20)23-2/h4-10,12-13,18H,3,11,14H2,1-2H3. The van der Waals surface area contributed by atoms with Gasteiger partial charge in [-0.05, 0) is 36.1 Å². The molecule has 0 aliphatic carbocycles. The van der Waals surface area contributed by atoms with Crippen LogP contribution in [-0.2, 0) is 30.3 Å². The topological polar surface area (TPSA) is 69.7 Å². The van der Waals surface area contributed by atoms with Gasteiger partial charge in [-0.1, -0.05) is 49.4 Å². The number of carbonyl (C=O) groups is 1. The normalized spacial score (nSPS) is 12.6. The van der Waals surface area contributed by atoms with E-state index in [9.17, 15) is 13.2 Å². The van der Waals surface area contributed by atoms with Crippen LogP contribution in [-0.4, -0.2) is 21.5 Å². The van der Waals surface area contributed by atoms with Gasteiger partial charge < -0.3 is 4.74 Å². The van der Waals surface area contributed by atoms with Crippen LogP contribution in [0.1, 0.15) is 37.0 Å². The van der Waals surface area contributed by atoms with Crippen molar-refractivity contribution in [3.8, 4) is 0 Å². The van der Waals surface area contributed by atoms with Crippen molar-refractivity contribution >= 4 is 16.1 Å². The summed E-state index contributed by atoms with van der Waals surface area (Å²) in [4.78, 5) is 11.3. The summed E-state index contributed by atoms with van der Waals surface area (Å²) in [6.07, 6.45) is 0.853. The zero-order valence-electron chi connectivity index (χ0n) is 14.3. The van der Waals surface area contributed by atoms with Gasteiger partial charge in [-0.15, -0.1) is 0 Å². The Hall–Kier alpha value is -2.18. The van der Waals surface area contributed by atoms with E-state index in [2.05, 4.69) is 4.74 Å². The first-order valence-electron chi connectivity index (χ1n) is 8.10. The van der Waals surface area contributed by atoms with E-state index in [4.69, 9.17) is 4.18 Å². The van der Waals surface area contributed by atoms with E-state index in [0.717, 1.165) is 11.1 Å². The summed E-state index contributed by atoms with van der Waals surface area (Å²) < 4.78 is 34.8. The maximum Gasteiger partial charge on any atom is 0.305 e. The SMILES string of the molecule is CCC(OS(=O)(=O)c1ccccc1)c1ccc(CCC(=O)OC)cc1. The van der Waals surface area contributed by atoms with Crippen molar-refractivity contribution in [3.63, 3.8) is 0 Å². The van der Waals surface area contributed by atoms with Gasteiger partial charge in [0.05, 0.1) is 12.0 Å². The van der Waals surface area contributed by atoms with Gasteiger partial charge >= 0.3 is 5.97 Å². The zero-order chi connectivity index (χ0) is 18.3. The summed E-state index contributed by atoms with van der Waals surface area (Å²) in [6, 6.07) is 15.5. The monoisotopic (exact) mass is 362 g/mol. The van der Waals surface area contributed by atoms with Crippen molar-refractivity contribution in [2.45, 2.75) is 37.2 Å². The Balaban J connectivity index is 2.09. The van der Waals surface area contributed by atoms with E-state index >= 15 is 0 Å². The minimum atomic E-state index is -3.82. The number of hydrogen-bond acceptors (Lipinski definition) is 5. The molecule has 0 amide bonds. The lowest BCUT2D eigenvalue weighted by atomic mass is 10.0. The maximum atomic E-state index is 12.4. The Morgan fingerprint density at radius 1 is 1.04 bits per heavy atom. The second kappa shape index (κ2) is 8.78. The number of ether oxygens (including phenoxy) is 1. The van der Waals surface area contributed by atoms with Crippen molar-refractivity contribution in [2.75, 3.05) is 7.11 Å². The highest BCUT2D eigenvalue weighted by atomic mass is 32.2. The number of esters is 1. The van der Waals surface area contributed by atoms with E-state index in [0.29, 0.717) is 19.3 Å². The third-order valence-corrected chi connectivity index (χ3v) is 5.18. The molecular weight excluding hydrogens is 340 g/mol. The predicted molar refractivity (Wildman–Crippen MR) is 94.5 cm³/mol. The Kier molecular flexibility index (Phi) is 6.73. The molecule has 1 atom stereocenters. The van der Waals surface area contributed by atoms with Crippen molar-refractivity contribution in [3.05, 3.63) is 65.7 Å². The molecule has 0 aromatic heterocycles. The summed E-state index contributed by atoms with van der Waals surface area (Å²) in [6.45, 7) is 1.87. The summed E-state index contributed by atoms with van der Waals surface area (Å²) in [5.41, 5.74) is 1.76. The number of carbonyl (C=O) groups excluding carboxylic acids is 1. The van der Waals surface area contributed by atoms with Gasteiger partial charge in [-0.25, -0.2) is 0 Å². The molecule has 5 nitrogen and oxygen atoms in total. The second-order valence-electron chi connectivity index (χ2n) is 5.58. The van der Waals surface area contributed by atoms with Crippen LogP contribution >= 0.6 is 0 Å². The molecule has 0 aliphatic heterocycles. The highest BCUT2D eigenvalue weighted by molar-refractivity contribution is 7.86. The number of hydrogen-bond donors (Lipinski definition) is 0. The fraction of sp³-hybridized carbons (Fsp3) is 0.316. The number of rotatable bonds is 8. The van der Waals surface area contributed by atoms with Gasteiger partial charge in [0.15, 0.2) is 0 Å². The van der Waals surface area contributed by atoms with Crippen LogP contribution < -0.4 is 0 Å². The van der Waals surface area contributed by atoms with Gasteiger partial charge in [-0.2, -0.15) is 8.42 Å². The zero-order valence-corrected chi connectivity index (χ0v) is 15.2. The maximum absolute atomic E-state index is 12.4. The van der Waals surface area contributed by atoms with Crippen LogP contribution in [0, 0.1) is 0 Å². The number of benzene rings is 2. The minimum absolute atomic E-state index is 0.142. The van der Waals surface area contributed by atoms with Crippen LogP contribution in [0.2, 0.25) is 0 Å². The summed E-state index contributed by atoms with van der Waals surface area (Å²) in [5.74, 6) is -0.257.